The van der Waals surface area contributed by atoms with Crippen LogP contribution in [0, 0.1) is 5.41 Å². The Morgan fingerprint density at radius 3 is 2.65 bits per heavy atom. The van der Waals surface area contributed by atoms with E-state index in [-0.39, 0.29) is 11.3 Å². The van der Waals surface area contributed by atoms with Crippen LogP contribution >= 0.6 is 11.6 Å². The summed E-state index contributed by atoms with van der Waals surface area (Å²) < 4.78 is 0. The Morgan fingerprint density at radius 1 is 1.47 bits per heavy atom. The van der Waals surface area contributed by atoms with Gasteiger partial charge in [0.1, 0.15) is 11.6 Å². The zero-order valence-corrected chi connectivity index (χ0v) is 11.1. The molecule has 0 saturated carbocycles. The van der Waals surface area contributed by atoms with Gasteiger partial charge in [0, 0.05) is 11.4 Å². The molecule has 0 spiro atoms. The Labute approximate surface area is 107 Å². The van der Waals surface area contributed by atoms with Crippen molar-refractivity contribution in [1.29, 1.82) is 0 Å². The maximum absolute atomic E-state index is 11.6. The zero-order valence-electron chi connectivity index (χ0n) is 10.4. The van der Waals surface area contributed by atoms with Crippen molar-refractivity contribution in [2.75, 3.05) is 11.1 Å². The van der Waals surface area contributed by atoms with E-state index in [4.69, 9.17) is 17.3 Å². The van der Waals surface area contributed by atoms with E-state index in [2.05, 4.69) is 31.1 Å². The number of nitrogen functional groups attached to an aromatic ring is 1. The standard InChI is InChI=1S/C12H18ClN3O/c1-12(2,3)5-4-11(17)16-10-7-8(13)6-9(14)15-10/h6-7H,4-5H2,1-3H3,(H3,14,15,16,17). The minimum absolute atomic E-state index is 0.0749. The molecule has 0 aliphatic carbocycles. The summed E-state index contributed by atoms with van der Waals surface area (Å²) in [5.41, 5.74) is 5.67. The molecule has 94 valence electrons. The van der Waals surface area contributed by atoms with E-state index >= 15 is 0 Å². The van der Waals surface area contributed by atoms with Crippen molar-refractivity contribution >= 4 is 29.1 Å². The van der Waals surface area contributed by atoms with Crippen LogP contribution in [0.1, 0.15) is 33.6 Å². The Morgan fingerprint density at radius 2 is 2.12 bits per heavy atom. The van der Waals surface area contributed by atoms with Crippen LogP contribution in [-0.2, 0) is 4.79 Å². The fourth-order valence-corrected chi connectivity index (χ4v) is 1.49. The first-order valence-corrected chi connectivity index (χ1v) is 5.87. The molecule has 4 nitrogen and oxygen atoms in total. The largest absolute Gasteiger partial charge is 0.384 e. The minimum Gasteiger partial charge on any atom is -0.384 e. The lowest BCUT2D eigenvalue weighted by molar-refractivity contribution is -0.116. The third-order valence-corrected chi connectivity index (χ3v) is 2.40. The summed E-state index contributed by atoms with van der Waals surface area (Å²) >= 11 is 5.81. The topological polar surface area (TPSA) is 68.0 Å². The average Bonchev–Trinajstić information content (AvgIpc) is 2.11. The molecule has 0 saturated heterocycles. The number of halogens is 1. The molecular formula is C12H18ClN3O. The Kier molecular flexibility index (Phi) is 4.34. The van der Waals surface area contributed by atoms with Crippen molar-refractivity contribution in [3.8, 4) is 0 Å². The zero-order chi connectivity index (χ0) is 13.1. The lowest BCUT2D eigenvalue weighted by Crippen LogP contribution is -2.16. The molecule has 0 aliphatic rings. The maximum Gasteiger partial charge on any atom is 0.225 e. The number of hydrogen-bond donors (Lipinski definition) is 2. The van der Waals surface area contributed by atoms with E-state index in [1.807, 2.05) is 0 Å². The third-order valence-electron chi connectivity index (χ3n) is 2.18. The molecule has 0 aromatic carbocycles. The number of rotatable bonds is 3. The molecule has 0 bridgehead atoms. The fraction of sp³-hybridized carbons (Fsp3) is 0.500. The van der Waals surface area contributed by atoms with Gasteiger partial charge < -0.3 is 11.1 Å². The molecule has 1 amide bonds. The van der Waals surface area contributed by atoms with Gasteiger partial charge in [-0.2, -0.15) is 0 Å². The summed E-state index contributed by atoms with van der Waals surface area (Å²) in [7, 11) is 0. The summed E-state index contributed by atoms with van der Waals surface area (Å²) in [6.07, 6.45) is 1.27. The number of pyridine rings is 1. The number of nitrogens with zero attached hydrogens (tertiary/aromatic N) is 1. The predicted octanol–water partition coefficient (Wildman–Crippen LogP) is 3.08. The first-order chi connectivity index (χ1) is 7.76. The van der Waals surface area contributed by atoms with Gasteiger partial charge in [0.15, 0.2) is 0 Å². The van der Waals surface area contributed by atoms with Crippen molar-refractivity contribution in [3.05, 3.63) is 17.2 Å². The summed E-state index contributed by atoms with van der Waals surface area (Å²) in [4.78, 5) is 15.6. The van der Waals surface area contributed by atoms with Crippen molar-refractivity contribution in [2.45, 2.75) is 33.6 Å². The second-order valence-electron chi connectivity index (χ2n) is 5.20. The number of nitrogens with one attached hydrogen (secondary N) is 1. The number of anilines is 2. The molecule has 0 unspecified atom stereocenters. The van der Waals surface area contributed by atoms with E-state index in [9.17, 15) is 4.79 Å². The van der Waals surface area contributed by atoms with Crippen LogP contribution in [0.3, 0.4) is 0 Å². The maximum atomic E-state index is 11.6. The summed E-state index contributed by atoms with van der Waals surface area (Å²) in [6, 6.07) is 3.11. The second kappa shape index (κ2) is 5.36. The van der Waals surface area contributed by atoms with Crippen LogP contribution < -0.4 is 11.1 Å². The number of aromatic nitrogens is 1. The van der Waals surface area contributed by atoms with E-state index in [1.165, 1.54) is 6.07 Å². The smallest absolute Gasteiger partial charge is 0.225 e. The van der Waals surface area contributed by atoms with Gasteiger partial charge in [0.05, 0.1) is 0 Å². The Balaban J connectivity index is 2.56. The minimum atomic E-state index is -0.0749. The van der Waals surface area contributed by atoms with Crippen LogP contribution in [0.15, 0.2) is 12.1 Å². The number of nitrogens with two attached hydrogens (primary N) is 1. The van der Waals surface area contributed by atoms with E-state index in [1.54, 1.807) is 6.07 Å². The highest BCUT2D eigenvalue weighted by atomic mass is 35.5. The molecular weight excluding hydrogens is 238 g/mol. The van der Waals surface area contributed by atoms with Crippen LogP contribution in [0.5, 0.6) is 0 Å². The van der Waals surface area contributed by atoms with Crippen molar-refractivity contribution < 1.29 is 4.79 Å². The van der Waals surface area contributed by atoms with Gasteiger partial charge in [-0.3, -0.25) is 4.79 Å². The molecule has 0 atom stereocenters. The van der Waals surface area contributed by atoms with Crippen LogP contribution in [0.2, 0.25) is 5.02 Å². The average molecular weight is 256 g/mol. The summed E-state index contributed by atoms with van der Waals surface area (Å²) in [5, 5.41) is 3.14. The van der Waals surface area contributed by atoms with E-state index in [0.717, 1.165) is 6.42 Å². The molecule has 1 heterocycles. The van der Waals surface area contributed by atoms with E-state index < -0.39 is 0 Å². The lowest BCUT2D eigenvalue weighted by Gasteiger charge is -2.17. The normalized spacial score (nSPS) is 11.3. The van der Waals surface area contributed by atoms with Crippen LogP contribution in [-0.4, -0.2) is 10.9 Å². The molecule has 5 heteroatoms. The van der Waals surface area contributed by atoms with Gasteiger partial charge in [-0.05, 0) is 24.0 Å². The molecule has 1 aromatic heterocycles. The molecule has 1 rings (SSSR count). The highest BCUT2D eigenvalue weighted by Crippen LogP contribution is 2.21. The van der Waals surface area contributed by atoms with E-state index in [0.29, 0.717) is 23.1 Å². The van der Waals surface area contributed by atoms with Gasteiger partial charge in [-0.25, -0.2) is 4.98 Å². The molecule has 17 heavy (non-hydrogen) atoms. The third kappa shape index (κ3) is 5.54. The monoisotopic (exact) mass is 255 g/mol. The highest BCUT2D eigenvalue weighted by Gasteiger charge is 2.13. The Bertz CT molecular complexity index is 392. The summed E-state index contributed by atoms with van der Waals surface area (Å²) in [5.74, 6) is 0.617. The lowest BCUT2D eigenvalue weighted by atomic mass is 9.90. The molecule has 0 aliphatic heterocycles. The van der Waals surface area contributed by atoms with Crippen LogP contribution in [0.25, 0.3) is 0 Å². The molecule has 3 N–H and O–H groups in total. The van der Waals surface area contributed by atoms with Gasteiger partial charge in [-0.15, -0.1) is 0 Å². The van der Waals surface area contributed by atoms with Gasteiger partial charge in [0.2, 0.25) is 5.91 Å². The van der Waals surface area contributed by atoms with Crippen molar-refractivity contribution in [3.63, 3.8) is 0 Å². The van der Waals surface area contributed by atoms with Gasteiger partial charge in [0.25, 0.3) is 0 Å². The van der Waals surface area contributed by atoms with Crippen molar-refractivity contribution in [1.82, 2.24) is 4.98 Å². The number of hydrogen-bond acceptors (Lipinski definition) is 3. The van der Waals surface area contributed by atoms with Gasteiger partial charge >= 0.3 is 0 Å². The number of carbonyl (C=O) groups is 1. The highest BCUT2D eigenvalue weighted by molar-refractivity contribution is 6.31. The van der Waals surface area contributed by atoms with Crippen molar-refractivity contribution in [2.24, 2.45) is 5.41 Å². The SMILES string of the molecule is CC(C)(C)CCC(=O)Nc1cc(Cl)cc(N)n1. The second-order valence-corrected chi connectivity index (χ2v) is 5.64. The first-order valence-electron chi connectivity index (χ1n) is 5.49. The molecule has 0 fully saturated rings. The number of amides is 1. The van der Waals surface area contributed by atoms with Gasteiger partial charge in [-0.1, -0.05) is 32.4 Å². The Hall–Kier alpha value is -1.29. The first kappa shape index (κ1) is 13.8. The van der Waals surface area contributed by atoms with Crippen LogP contribution in [0.4, 0.5) is 11.6 Å². The molecule has 0 radical (unpaired) electrons. The molecule has 1 aromatic rings. The fourth-order valence-electron chi connectivity index (χ4n) is 1.28. The number of carbonyl (C=O) groups excluding carboxylic acids is 1. The predicted molar refractivity (Wildman–Crippen MR) is 71.0 cm³/mol. The quantitative estimate of drug-likeness (QED) is 0.872. The summed E-state index contributed by atoms with van der Waals surface area (Å²) in [6.45, 7) is 6.28.